The van der Waals surface area contributed by atoms with Gasteiger partial charge in [0, 0.05) is 18.3 Å². The molecule has 0 amide bonds. The normalized spacial score (nSPS) is 18.0. The summed E-state index contributed by atoms with van der Waals surface area (Å²) in [5.41, 5.74) is 1.82. The average molecular weight is 273 g/mol. The fourth-order valence-corrected chi connectivity index (χ4v) is 2.24. The SMILES string of the molecule is C=C(/C(C(=O)O)=C(/C)ON)C1CC=Cc2nccnc21. The first-order valence-corrected chi connectivity index (χ1v) is 6.03. The fourth-order valence-electron chi connectivity index (χ4n) is 2.24. The van der Waals surface area contributed by atoms with Crippen LogP contribution in [0.15, 0.2) is 42.0 Å². The van der Waals surface area contributed by atoms with Gasteiger partial charge in [0.1, 0.15) is 11.3 Å². The van der Waals surface area contributed by atoms with E-state index in [9.17, 15) is 9.90 Å². The molecule has 0 fully saturated rings. The molecule has 1 aliphatic rings. The first-order chi connectivity index (χ1) is 9.56. The second-order valence-corrected chi connectivity index (χ2v) is 4.40. The van der Waals surface area contributed by atoms with Crippen LogP contribution in [0, 0.1) is 0 Å². The molecule has 1 aromatic heterocycles. The number of carboxylic acids is 1. The van der Waals surface area contributed by atoms with Crippen molar-refractivity contribution in [3.05, 3.63) is 53.3 Å². The largest absolute Gasteiger partial charge is 0.478 e. The summed E-state index contributed by atoms with van der Waals surface area (Å²) in [6.45, 7) is 5.38. The zero-order chi connectivity index (χ0) is 14.7. The summed E-state index contributed by atoms with van der Waals surface area (Å²) in [5, 5.41) is 9.32. The van der Waals surface area contributed by atoms with Gasteiger partial charge < -0.3 is 9.94 Å². The molecule has 0 spiro atoms. The van der Waals surface area contributed by atoms with E-state index in [2.05, 4.69) is 21.4 Å². The predicted molar refractivity (Wildman–Crippen MR) is 73.2 cm³/mol. The molecule has 0 aliphatic heterocycles. The van der Waals surface area contributed by atoms with E-state index in [0.29, 0.717) is 17.7 Å². The summed E-state index contributed by atoms with van der Waals surface area (Å²) < 4.78 is 0. The Morgan fingerprint density at radius 3 is 2.85 bits per heavy atom. The van der Waals surface area contributed by atoms with Gasteiger partial charge >= 0.3 is 5.97 Å². The van der Waals surface area contributed by atoms with Crippen LogP contribution in [0.2, 0.25) is 0 Å². The van der Waals surface area contributed by atoms with E-state index in [1.165, 1.54) is 6.92 Å². The molecule has 0 radical (unpaired) electrons. The van der Waals surface area contributed by atoms with Crippen LogP contribution in [0.25, 0.3) is 6.08 Å². The Kier molecular flexibility index (Phi) is 3.95. The average Bonchev–Trinajstić information content (AvgIpc) is 2.46. The minimum Gasteiger partial charge on any atom is -0.478 e. The highest BCUT2D eigenvalue weighted by Gasteiger charge is 2.28. The van der Waals surface area contributed by atoms with E-state index < -0.39 is 5.97 Å². The van der Waals surface area contributed by atoms with Gasteiger partial charge in [-0.3, -0.25) is 9.97 Å². The standard InChI is InChI=1S/C14H15N3O3/c1-8(12(14(18)19)9(2)20-15)10-4-3-5-11-13(10)17-7-6-16-11/h3,5-7,10H,1,4,15H2,2H3,(H,18,19)/b12-9+. The Morgan fingerprint density at radius 1 is 1.50 bits per heavy atom. The lowest BCUT2D eigenvalue weighted by Gasteiger charge is -2.22. The lowest BCUT2D eigenvalue weighted by molar-refractivity contribution is -0.132. The van der Waals surface area contributed by atoms with Crippen LogP contribution in [-0.2, 0) is 9.63 Å². The van der Waals surface area contributed by atoms with Crippen LogP contribution in [0.5, 0.6) is 0 Å². The maximum absolute atomic E-state index is 11.4. The summed E-state index contributed by atoms with van der Waals surface area (Å²) in [5.74, 6) is 3.80. The molecular formula is C14H15N3O3. The minimum absolute atomic E-state index is 0.0237. The van der Waals surface area contributed by atoms with Crippen LogP contribution in [-0.4, -0.2) is 21.0 Å². The highest BCUT2D eigenvalue weighted by atomic mass is 16.6. The molecule has 3 N–H and O–H groups in total. The van der Waals surface area contributed by atoms with Crippen molar-refractivity contribution in [2.75, 3.05) is 0 Å². The number of fused-ring (bicyclic) bond motifs is 1. The first kappa shape index (κ1) is 14.0. The number of allylic oxidation sites excluding steroid dienone is 2. The summed E-state index contributed by atoms with van der Waals surface area (Å²) in [6, 6.07) is 0. The second kappa shape index (κ2) is 5.66. The number of rotatable bonds is 4. The quantitative estimate of drug-likeness (QED) is 0.375. The summed E-state index contributed by atoms with van der Waals surface area (Å²) in [4.78, 5) is 24.4. The van der Waals surface area contributed by atoms with Gasteiger partial charge in [-0.15, -0.1) is 0 Å². The molecule has 20 heavy (non-hydrogen) atoms. The monoisotopic (exact) mass is 273 g/mol. The molecule has 0 bridgehead atoms. The van der Waals surface area contributed by atoms with Gasteiger partial charge in [0.2, 0.25) is 0 Å². The number of aromatic nitrogens is 2. The molecule has 1 aliphatic carbocycles. The Bertz CT molecular complexity index is 620. The molecule has 0 saturated heterocycles. The predicted octanol–water partition coefficient (Wildman–Crippen LogP) is 1.78. The fraction of sp³-hybridized carbons (Fsp3) is 0.214. The summed E-state index contributed by atoms with van der Waals surface area (Å²) >= 11 is 0. The van der Waals surface area contributed by atoms with Crippen molar-refractivity contribution in [2.24, 2.45) is 5.90 Å². The zero-order valence-electron chi connectivity index (χ0n) is 11.0. The minimum atomic E-state index is -1.13. The van der Waals surface area contributed by atoms with Gasteiger partial charge in [-0.2, -0.15) is 5.90 Å². The van der Waals surface area contributed by atoms with Crippen molar-refractivity contribution < 1.29 is 14.7 Å². The maximum Gasteiger partial charge on any atom is 0.339 e. The van der Waals surface area contributed by atoms with E-state index in [1.807, 2.05) is 12.2 Å². The topological polar surface area (TPSA) is 98.3 Å². The van der Waals surface area contributed by atoms with E-state index in [1.54, 1.807) is 12.4 Å². The van der Waals surface area contributed by atoms with E-state index in [0.717, 1.165) is 5.69 Å². The van der Waals surface area contributed by atoms with Crippen molar-refractivity contribution in [1.82, 2.24) is 9.97 Å². The number of nitrogens with zero attached hydrogens (tertiary/aromatic N) is 2. The van der Waals surface area contributed by atoms with Gasteiger partial charge in [-0.05, 0) is 25.0 Å². The van der Waals surface area contributed by atoms with Gasteiger partial charge in [0.05, 0.1) is 11.4 Å². The molecule has 1 atom stereocenters. The number of hydrogen-bond acceptors (Lipinski definition) is 5. The zero-order valence-corrected chi connectivity index (χ0v) is 11.0. The van der Waals surface area contributed by atoms with E-state index >= 15 is 0 Å². The van der Waals surface area contributed by atoms with E-state index in [-0.39, 0.29) is 17.3 Å². The summed E-state index contributed by atoms with van der Waals surface area (Å²) in [6.07, 6.45) is 7.57. The lowest BCUT2D eigenvalue weighted by Crippen LogP contribution is -2.17. The van der Waals surface area contributed by atoms with Crippen LogP contribution in [0.1, 0.15) is 30.7 Å². The molecule has 2 rings (SSSR count). The molecule has 1 unspecified atom stereocenters. The van der Waals surface area contributed by atoms with Gasteiger partial charge in [0.15, 0.2) is 0 Å². The van der Waals surface area contributed by atoms with Crippen molar-refractivity contribution in [3.63, 3.8) is 0 Å². The highest BCUT2D eigenvalue weighted by Crippen LogP contribution is 2.36. The van der Waals surface area contributed by atoms with Gasteiger partial charge in [-0.25, -0.2) is 4.79 Å². The molecule has 6 heteroatoms. The molecule has 1 heterocycles. The molecule has 0 saturated carbocycles. The first-order valence-electron chi connectivity index (χ1n) is 6.03. The Hall–Kier alpha value is -2.47. The van der Waals surface area contributed by atoms with Crippen molar-refractivity contribution >= 4 is 12.0 Å². The smallest absolute Gasteiger partial charge is 0.339 e. The molecule has 1 aromatic rings. The van der Waals surface area contributed by atoms with Crippen LogP contribution >= 0.6 is 0 Å². The molecular weight excluding hydrogens is 258 g/mol. The molecule has 0 aromatic carbocycles. The third-order valence-corrected chi connectivity index (χ3v) is 3.22. The van der Waals surface area contributed by atoms with Gasteiger partial charge in [-0.1, -0.05) is 12.7 Å². The van der Waals surface area contributed by atoms with Crippen molar-refractivity contribution in [3.8, 4) is 0 Å². The molecule has 6 nitrogen and oxygen atoms in total. The maximum atomic E-state index is 11.4. The third kappa shape index (κ3) is 2.46. The second-order valence-electron chi connectivity index (χ2n) is 4.40. The lowest BCUT2D eigenvalue weighted by atomic mass is 9.84. The number of carbonyl (C=O) groups is 1. The number of carboxylic acid groups (broad SMARTS) is 1. The number of nitrogens with two attached hydrogens (primary N) is 1. The summed E-state index contributed by atoms with van der Waals surface area (Å²) in [7, 11) is 0. The van der Waals surface area contributed by atoms with Crippen molar-refractivity contribution in [2.45, 2.75) is 19.3 Å². The van der Waals surface area contributed by atoms with Crippen molar-refractivity contribution in [1.29, 1.82) is 0 Å². The Labute approximate surface area is 116 Å². The Morgan fingerprint density at radius 2 is 2.20 bits per heavy atom. The van der Waals surface area contributed by atoms with Crippen LogP contribution < -0.4 is 5.90 Å². The van der Waals surface area contributed by atoms with Crippen LogP contribution in [0.4, 0.5) is 0 Å². The third-order valence-electron chi connectivity index (χ3n) is 3.22. The number of hydrogen-bond donors (Lipinski definition) is 2. The van der Waals surface area contributed by atoms with E-state index in [4.69, 9.17) is 5.90 Å². The van der Waals surface area contributed by atoms with Gasteiger partial charge in [0.25, 0.3) is 0 Å². The Balaban J connectivity index is 2.45. The van der Waals surface area contributed by atoms with Crippen LogP contribution in [0.3, 0.4) is 0 Å². The number of aliphatic carboxylic acids is 1. The molecule has 104 valence electrons. The highest BCUT2D eigenvalue weighted by molar-refractivity contribution is 5.92.